The fourth-order valence-electron chi connectivity index (χ4n) is 1.57. The van der Waals surface area contributed by atoms with Crippen LogP contribution in [0.1, 0.15) is 6.42 Å². The molecule has 2 rings (SSSR count). The van der Waals surface area contributed by atoms with Gasteiger partial charge in [0.1, 0.15) is 0 Å². The number of rotatable bonds is 4. The Balaban J connectivity index is 2.55. The van der Waals surface area contributed by atoms with Crippen molar-refractivity contribution in [1.29, 1.82) is 0 Å². The third kappa shape index (κ3) is 2.56. The van der Waals surface area contributed by atoms with Gasteiger partial charge in [0.05, 0.1) is 11.9 Å². The number of nitrogens with zero attached hydrogens (tertiary/aromatic N) is 2. The van der Waals surface area contributed by atoms with E-state index in [-0.39, 0.29) is 10.8 Å². The lowest BCUT2D eigenvalue weighted by Gasteiger charge is -2.04. The van der Waals surface area contributed by atoms with Gasteiger partial charge < -0.3 is 0 Å². The topological polar surface area (TPSA) is 59.9 Å². The lowest BCUT2D eigenvalue weighted by molar-refractivity contribution is 0.590. The minimum Gasteiger partial charge on any atom is -0.222 e. The monoisotopic (exact) mass is 270 g/mol. The van der Waals surface area contributed by atoms with Crippen LogP contribution in [0.2, 0.25) is 0 Å². The van der Waals surface area contributed by atoms with Crippen LogP contribution >= 0.6 is 11.6 Å². The molecule has 0 radical (unpaired) electrons. The van der Waals surface area contributed by atoms with E-state index in [9.17, 15) is 8.42 Å². The van der Waals surface area contributed by atoms with Crippen molar-refractivity contribution in [2.75, 3.05) is 11.6 Å². The molecule has 0 fully saturated rings. The van der Waals surface area contributed by atoms with Crippen molar-refractivity contribution in [3.63, 3.8) is 0 Å². The Kier molecular flexibility index (Phi) is 3.59. The number of hydrogen-bond donors (Lipinski definition) is 0. The van der Waals surface area contributed by atoms with Gasteiger partial charge in [-0.25, -0.2) is 8.42 Å². The predicted molar refractivity (Wildman–Crippen MR) is 66.9 cm³/mol. The number of aromatic nitrogens is 2. The zero-order valence-corrected chi connectivity index (χ0v) is 10.6. The molecule has 4 nitrogen and oxygen atoms in total. The van der Waals surface area contributed by atoms with E-state index in [1.54, 1.807) is 18.3 Å². The minimum absolute atomic E-state index is 0.000806. The van der Waals surface area contributed by atoms with E-state index in [1.165, 1.54) is 0 Å². The second kappa shape index (κ2) is 4.98. The molecule has 0 atom stereocenters. The van der Waals surface area contributed by atoms with Crippen LogP contribution in [-0.4, -0.2) is 30.2 Å². The molecule has 2 aromatic rings. The van der Waals surface area contributed by atoms with E-state index in [0.717, 1.165) is 5.39 Å². The maximum atomic E-state index is 12.0. The molecule has 0 unspecified atom stereocenters. The molecule has 0 amide bonds. The lowest BCUT2D eigenvalue weighted by atomic mass is 10.2. The first-order chi connectivity index (χ1) is 8.15. The summed E-state index contributed by atoms with van der Waals surface area (Å²) >= 11 is 5.51. The Bertz CT molecular complexity index is 623. The molecule has 90 valence electrons. The van der Waals surface area contributed by atoms with Crippen LogP contribution in [0.4, 0.5) is 0 Å². The molecule has 0 aliphatic heterocycles. The van der Waals surface area contributed by atoms with Gasteiger partial charge in [0.2, 0.25) is 0 Å². The zero-order chi connectivity index (χ0) is 12.3. The quantitative estimate of drug-likeness (QED) is 0.798. The fourth-order valence-corrected chi connectivity index (χ4v) is 3.28. The molecule has 1 aromatic carbocycles. The van der Waals surface area contributed by atoms with Gasteiger partial charge in [-0.2, -0.15) is 5.10 Å². The highest BCUT2D eigenvalue weighted by Gasteiger charge is 2.19. The molecule has 1 heterocycles. The Hall–Kier alpha value is -1.20. The van der Waals surface area contributed by atoms with Crippen molar-refractivity contribution in [3.8, 4) is 0 Å². The average molecular weight is 271 g/mol. The van der Waals surface area contributed by atoms with Crippen molar-refractivity contribution in [1.82, 2.24) is 10.2 Å². The van der Waals surface area contributed by atoms with Crippen molar-refractivity contribution in [2.24, 2.45) is 0 Å². The summed E-state index contributed by atoms with van der Waals surface area (Å²) in [5.41, 5.74) is 0. The van der Waals surface area contributed by atoms with Gasteiger partial charge in [0, 0.05) is 16.7 Å². The molecule has 1 aromatic heterocycles. The Morgan fingerprint density at radius 1 is 1.24 bits per heavy atom. The van der Waals surface area contributed by atoms with Crippen LogP contribution in [-0.2, 0) is 9.84 Å². The second-order valence-electron chi connectivity index (χ2n) is 3.60. The van der Waals surface area contributed by atoms with Gasteiger partial charge in [0.25, 0.3) is 0 Å². The van der Waals surface area contributed by atoms with Gasteiger partial charge in [-0.15, -0.1) is 16.7 Å². The Labute approximate surface area is 105 Å². The molecule has 0 saturated carbocycles. The number of hydrogen-bond acceptors (Lipinski definition) is 4. The van der Waals surface area contributed by atoms with Gasteiger partial charge in [-0.1, -0.05) is 24.3 Å². The predicted octanol–water partition coefficient (Wildman–Crippen LogP) is 2.03. The van der Waals surface area contributed by atoms with E-state index in [0.29, 0.717) is 17.7 Å². The molecule has 6 heteroatoms. The van der Waals surface area contributed by atoms with E-state index in [2.05, 4.69) is 10.2 Å². The highest BCUT2D eigenvalue weighted by molar-refractivity contribution is 7.91. The minimum atomic E-state index is -3.41. The normalized spacial score (nSPS) is 11.8. The highest BCUT2D eigenvalue weighted by Crippen LogP contribution is 2.20. The summed E-state index contributed by atoms with van der Waals surface area (Å²) in [7, 11) is -3.41. The van der Waals surface area contributed by atoms with E-state index >= 15 is 0 Å². The van der Waals surface area contributed by atoms with Crippen molar-refractivity contribution >= 4 is 32.2 Å². The smallest absolute Gasteiger partial charge is 0.198 e. The highest BCUT2D eigenvalue weighted by atomic mass is 35.5. The molecule has 0 bridgehead atoms. The van der Waals surface area contributed by atoms with Crippen molar-refractivity contribution in [3.05, 3.63) is 30.5 Å². The Morgan fingerprint density at radius 3 is 2.76 bits per heavy atom. The SMILES string of the molecule is O=S(=O)(CCCCl)c1nncc2ccccc12. The molecule has 0 aliphatic carbocycles. The van der Waals surface area contributed by atoms with Crippen LogP contribution < -0.4 is 0 Å². The van der Waals surface area contributed by atoms with Crippen LogP contribution in [0.15, 0.2) is 35.5 Å². The van der Waals surface area contributed by atoms with Gasteiger partial charge in [-0.05, 0) is 6.42 Å². The number of benzene rings is 1. The average Bonchev–Trinajstić information content (AvgIpc) is 2.36. The van der Waals surface area contributed by atoms with E-state index in [4.69, 9.17) is 11.6 Å². The van der Waals surface area contributed by atoms with Crippen LogP contribution in [0, 0.1) is 0 Å². The summed E-state index contributed by atoms with van der Waals surface area (Å²) in [4.78, 5) is 0. The third-order valence-corrected chi connectivity index (χ3v) is 4.36. The molecule has 0 aliphatic rings. The first-order valence-corrected chi connectivity index (χ1v) is 7.33. The number of alkyl halides is 1. The third-order valence-electron chi connectivity index (χ3n) is 2.38. The maximum absolute atomic E-state index is 12.0. The fraction of sp³-hybridized carbons (Fsp3) is 0.273. The van der Waals surface area contributed by atoms with E-state index < -0.39 is 9.84 Å². The summed E-state index contributed by atoms with van der Waals surface area (Å²) < 4.78 is 24.1. The lowest BCUT2D eigenvalue weighted by Crippen LogP contribution is -2.10. The number of halogens is 1. The summed E-state index contributed by atoms with van der Waals surface area (Å²) in [6.07, 6.45) is 1.96. The van der Waals surface area contributed by atoms with Crippen LogP contribution in [0.5, 0.6) is 0 Å². The Morgan fingerprint density at radius 2 is 2.00 bits per heavy atom. The zero-order valence-electron chi connectivity index (χ0n) is 9.01. The first kappa shape index (κ1) is 12.3. The summed E-state index contributed by atoms with van der Waals surface area (Å²) in [5, 5.41) is 8.90. The molecular formula is C11H11ClN2O2S. The van der Waals surface area contributed by atoms with Gasteiger partial charge >= 0.3 is 0 Å². The van der Waals surface area contributed by atoms with E-state index in [1.807, 2.05) is 12.1 Å². The molecule has 0 N–H and O–H groups in total. The first-order valence-electron chi connectivity index (χ1n) is 5.14. The van der Waals surface area contributed by atoms with Crippen molar-refractivity contribution < 1.29 is 8.42 Å². The van der Waals surface area contributed by atoms with Crippen LogP contribution in [0.3, 0.4) is 0 Å². The van der Waals surface area contributed by atoms with Gasteiger partial charge in [0.15, 0.2) is 14.9 Å². The number of sulfone groups is 1. The second-order valence-corrected chi connectivity index (χ2v) is 6.00. The molecule has 0 saturated heterocycles. The number of fused-ring (bicyclic) bond motifs is 1. The summed E-state index contributed by atoms with van der Waals surface area (Å²) in [6, 6.07) is 7.16. The summed E-state index contributed by atoms with van der Waals surface area (Å²) in [6.45, 7) is 0. The summed E-state index contributed by atoms with van der Waals surface area (Å²) in [5.74, 6) is 0.316. The van der Waals surface area contributed by atoms with Gasteiger partial charge in [-0.3, -0.25) is 0 Å². The maximum Gasteiger partial charge on any atom is 0.198 e. The largest absolute Gasteiger partial charge is 0.222 e. The molecular weight excluding hydrogens is 260 g/mol. The van der Waals surface area contributed by atoms with Crippen molar-refractivity contribution in [2.45, 2.75) is 11.4 Å². The molecule has 0 spiro atoms. The standard InChI is InChI=1S/C11H11ClN2O2S/c12-6-3-7-17(15,16)11-10-5-2-1-4-9(10)8-13-14-11/h1-2,4-5,8H,3,6-7H2. The van der Waals surface area contributed by atoms with Crippen LogP contribution in [0.25, 0.3) is 10.8 Å². The molecule has 17 heavy (non-hydrogen) atoms.